The van der Waals surface area contributed by atoms with E-state index in [4.69, 9.17) is 4.74 Å². The molecular formula is C29H26F3N7O3. The highest BCUT2D eigenvalue weighted by Crippen LogP contribution is 2.18. The number of hydrogen-bond donors (Lipinski definition) is 2. The number of halogens is 3. The summed E-state index contributed by atoms with van der Waals surface area (Å²) in [6.07, 6.45) is -4.52. The van der Waals surface area contributed by atoms with Crippen molar-refractivity contribution in [2.24, 2.45) is 7.05 Å². The quantitative estimate of drug-likeness (QED) is 0.258. The predicted molar refractivity (Wildman–Crippen MR) is 147 cm³/mol. The zero-order valence-electron chi connectivity index (χ0n) is 22.4. The Bertz CT molecular complexity index is 1700. The first-order chi connectivity index (χ1) is 20.2. The van der Waals surface area contributed by atoms with Crippen LogP contribution in [0.25, 0.3) is 16.7 Å². The Labute approximate surface area is 238 Å². The summed E-state index contributed by atoms with van der Waals surface area (Å²) in [5.74, 6) is -0.709. The summed E-state index contributed by atoms with van der Waals surface area (Å²) in [7, 11) is 1.86. The molecule has 5 rings (SSSR count). The second-order valence-electron chi connectivity index (χ2n) is 9.38. The molecule has 42 heavy (non-hydrogen) atoms. The van der Waals surface area contributed by atoms with Crippen molar-refractivity contribution in [2.75, 3.05) is 6.54 Å². The van der Waals surface area contributed by atoms with Crippen LogP contribution in [0.2, 0.25) is 0 Å². The van der Waals surface area contributed by atoms with Crippen LogP contribution in [0.1, 0.15) is 37.9 Å². The van der Waals surface area contributed by atoms with Crippen LogP contribution in [-0.4, -0.2) is 49.1 Å². The normalized spacial score (nSPS) is 11.5. The molecule has 216 valence electrons. The highest BCUT2D eigenvalue weighted by molar-refractivity contribution is 5.94. The molecule has 0 radical (unpaired) electrons. The van der Waals surface area contributed by atoms with E-state index in [0.29, 0.717) is 17.2 Å². The molecule has 0 aliphatic carbocycles. The molecular weight excluding hydrogens is 551 g/mol. The van der Waals surface area contributed by atoms with Crippen molar-refractivity contribution >= 4 is 22.8 Å². The number of carbonyl (C=O) groups excluding carboxylic acids is 2. The number of hydrogen-bond acceptors (Lipinski definition) is 6. The lowest BCUT2D eigenvalue weighted by Crippen LogP contribution is -2.33. The number of amides is 2. The van der Waals surface area contributed by atoms with Gasteiger partial charge in [-0.05, 0) is 42.0 Å². The van der Waals surface area contributed by atoms with Crippen molar-refractivity contribution in [2.45, 2.75) is 25.9 Å². The highest BCUT2D eigenvalue weighted by Gasteiger charge is 2.28. The van der Waals surface area contributed by atoms with E-state index in [2.05, 4.69) is 20.6 Å². The smallest absolute Gasteiger partial charge is 0.370 e. The number of ether oxygens (including phenoxy) is 1. The molecule has 0 atom stereocenters. The Hall–Kier alpha value is -5.04. The predicted octanol–water partition coefficient (Wildman–Crippen LogP) is 4.09. The summed E-state index contributed by atoms with van der Waals surface area (Å²) < 4.78 is 46.6. The Morgan fingerprint density at radius 3 is 2.31 bits per heavy atom. The lowest BCUT2D eigenvalue weighted by molar-refractivity contribution is -0.123. The van der Waals surface area contributed by atoms with Crippen molar-refractivity contribution in [3.8, 4) is 5.69 Å². The number of carbonyl (C=O) groups is 2. The van der Waals surface area contributed by atoms with Crippen molar-refractivity contribution in [1.82, 2.24) is 35.2 Å². The van der Waals surface area contributed by atoms with Crippen LogP contribution in [-0.2, 0) is 31.5 Å². The Balaban J connectivity index is 1.36. The lowest BCUT2D eigenvalue weighted by atomic mass is 10.2. The zero-order chi connectivity index (χ0) is 29.7. The monoisotopic (exact) mass is 577 g/mol. The molecule has 0 aliphatic rings. The minimum atomic E-state index is -4.52. The molecule has 0 spiro atoms. The molecule has 2 heterocycles. The third-order valence-corrected chi connectivity index (χ3v) is 6.44. The van der Waals surface area contributed by atoms with Gasteiger partial charge in [0, 0.05) is 12.6 Å². The van der Waals surface area contributed by atoms with Gasteiger partial charge < -0.3 is 19.9 Å². The summed E-state index contributed by atoms with van der Waals surface area (Å²) in [6, 6.07) is 22.8. The first-order valence-electron chi connectivity index (χ1n) is 12.9. The number of benzene rings is 3. The molecule has 2 amide bonds. The maximum Gasteiger partial charge on any atom is 0.405 e. The van der Waals surface area contributed by atoms with E-state index < -0.39 is 24.5 Å². The van der Waals surface area contributed by atoms with E-state index in [0.717, 1.165) is 16.6 Å². The number of nitrogens with one attached hydrogen (secondary N) is 2. The highest BCUT2D eigenvalue weighted by atomic mass is 19.4. The summed E-state index contributed by atoms with van der Waals surface area (Å²) in [4.78, 5) is 30.0. The second kappa shape index (κ2) is 12.2. The molecule has 2 aromatic heterocycles. The summed E-state index contributed by atoms with van der Waals surface area (Å²) in [5, 5.41) is 12.9. The largest absolute Gasteiger partial charge is 0.405 e. The van der Waals surface area contributed by atoms with Gasteiger partial charge >= 0.3 is 6.18 Å². The van der Waals surface area contributed by atoms with Gasteiger partial charge in [-0.1, -0.05) is 47.7 Å². The third kappa shape index (κ3) is 6.63. The number of imidazole rings is 1. The Morgan fingerprint density at radius 1 is 0.881 bits per heavy atom. The van der Waals surface area contributed by atoms with Crippen LogP contribution in [0.3, 0.4) is 0 Å². The number of fused-ring (bicyclic) bond motifs is 1. The molecule has 0 unspecified atom stereocenters. The average molecular weight is 578 g/mol. The van der Waals surface area contributed by atoms with E-state index in [9.17, 15) is 22.8 Å². The molecule has 3 aromatic carbocycles. The van der Waals surface area contributed by atoms with Gasteiger partial charge in [0.1, 0.15) is 18.1 Å². The first-order valence-corrected chi connectivity index (χ1v) is 12.9. The van der Waals surface area contributed by atoms with E-state index in [-0.39, 0.29) is 31.0 Å². The number of aromatic nitrogens is 5. The number of rotatable bonds is 10. The number of alkyl halides is 3. The van der Waals surface area contributed by atoms with Crippen molar-refractivity contribution in [3.05, 3.63) is 107 Å². The molecule has 0 aliphatic heterocycles. The van der Waals surface area contributed by atoms with E-state index in [1.165, 1.54) is 28.9 Å². The summed E-state index contributed by atoms with van der Waals surface area (Å²) in [6.45, 7) is -1.05. The summed E-state index contributed by atoms with van der Waals surface area (Å²) >= 11 is 0. The zero-order valence-corrected chi connectivity index (χ0v) is 22.4. The third-order valence-electron chi connectivity index (χ3n) is 6.44. The van der Waals surface area contributed by atoms with E-state index >= 15 is 0 Å². The standard InChI is InChI=1S/C29H26F3N7O3/c1-38-23-10-6-5-9-22(23)35-25(38)15-33-28(41)26-24(17-42-16-19-7-3-2-4-8-19)39(37-36-26)21-13-11-20(12-14-21)27(40)34-18-29(30,31)32/h2-14H,15-18H2,1H3,(H,33,41)(H,34,40). The van der Waals surface area contributed by atoms with Crippen molar-refractivity contribution < 1.29 is 27.5 Å². The van der Waals surface area contributed by atoms with E-state index in [1.54, 1.807) is 0 Å². The lowest BCUT2D eigenvalue weighted by Gasteiger charge is -2.11. The van der Waals surface area contributed by atoms with Gasteiger partial charge in [0.05, 0.1) is 36.5 Å². The SMILES string of the molecule is Cn1c(CNC(=O)c2nnn(-c3ccc(C(=O)NCC(F)(F)F)cc3)c2COCc2ccccc2)nc2ccccc21. The molecule has 0 fully saturated rings. The second-order valence-corrected chi connectivity index (χ2v) is 9.38. The fourth-order valence-corrected chi connectivity index (χ4v) is 4.29. The van der Waals surface area contributed by atoms with Gasteiger partial charge in [-0.3, -0.25) is 9.59 Å². The fraction of sp³-hybridized carbons (Fsp3) is 0.207. The molecule has 10 nitrogen and oxygen atoms in total. The van der Waals surface area contributed by atoms with Gasteiger partial charge in [-0.25, -0.2) is 9.67 Å². The van der Waals surface area contributed by atoms with Crippen LogP contribution in [0, 0.1) is 0 Å². The first kappa shape index (κ1) is 28.5. The van der Waals surface area contributed by atoms with Crippen LogP contribution in [0.5, 0.6) is 0 Å². The minimum absolute atomic E-state index is 0.0231. The maximum absolute atomic E-state index is 13.3. The molecule has 5 aromatic rings. The van der Waals surface area contributed by atoms with Crippen LogP contribution in [0.15, 0.2) is 78.9 Å². The number of para-hydroxylation sites is 2. The van der Waals surface area contributed by atoms with Crippen molar-refractivity contribution in [3.63, 3.8) is 0 Å². The van der Waals surface area contributed by atoms with E-state index in [1.807, 2.05) is 71.5 Å². The van der Waals surface area contributed by atoms with Crippen LogP contribution in [0.4, 0.5) is 13.2 Å². The van der Waals surface area contributed by atoms with Gasteiger partial charge in [0.15, 0.2) is 5.69 Å². The molecule has 0 bridgehead atoms. The number of nitrogens with zero attached hydrogens (tertiary/aromatic N) is 5. The van der Waals surface area contributed by atoms with Gasteiger partial charge in [-0.2, -0.15) is 13.2 Å². The topological polar surface area (TPSA) is 116 Å². The number of aryl methyl sites for hydroxylation is 1. The van der Waals surface area contributed by atoms with Crippen molar-refractivity contribution in [1.29, 1.82) is 0 Å². The maximum atomic E-state index is 13.3. The minimum Gasteiger partial charge on any atom is -0.370 e. The average Bonchev–Trinajstić information content (AvgIpc) is 3.56. The van der Waals surface area contributed by atoms with Gasteiger partial charge in [0.2, 0.25) is 0 Å². The Kier molecular flexibility index (Phi) is 8.29. The molecule has 13 heteroatoms. The Morgan fingerprint density at radius 2 is 1.60 bits per heavy atom. The van der Waals surface area contributed by atoms with Gasteiger partial charge in [0.25, 0.3) is 11.8 Å². The fourth-order valence-electron chi connectivity index (χ4n) is 4.29. The molecule has 0 saturated heterocycles. The summed E-state index contributed by atoms with van der Waals surface area (Å²) in [5.41, 5.74) is 3.52. The van der Waals surface area contributed by atoms with Gasteiger partial charge in [-0.15, -0.1) is 5.10 Å². The molecule has 2 N–H and O–H groups in total. The molecule has 0 saturated carbocycles. The van der Waals surface area contributed by atoms with Crippen LogP contribution < -0.4 is 10.6 Å². The van der Waals surface area contributed by atoms with Crippen LogP contribution >= 0.6 is 0 Å².